The summed E-state index contributed by atoms with van der Waals surface area (Å²) >= 11 is 0. The zero-order valence-electron chi connectivity index (χ0n) is 11.6. The smallest absolute Gasteiger partial charge is 0.0181 e. The van der Waals surface area contributed by atoms with Crippen molar-refractivity contribution in [1.29, 1.82) is 0 Å². The van der Waals surface area contributed by atoms with Crippen molar-refractivity contribution in [3.63, 3.8) is 0 Å². The lowest BCUT2D eigenvalue weighted by molar-refractivity contribution is 0.905. The molecule has 0 aliphatic heterocycles. The zero-order chi connectivity index (χ0) is 12.1. The van der Waals surface area contributed by atoms with Gasteiger partial charge in [-0.25, -0.2) is 0 Å². The highest BCUT2D eigenvalue weighted by Gasteiger charge is 2.12. The Bertz CT molecular complexity index is 328. The van der Waals surface area contributed by atoms with Crippen LogP contribution in [0.5, 0.6) is 0 Å². The Kier molecular flexibility index (Phi) is 7.49. The first-order valence-electron chi connectivity index (χ1n) is 6.58. The number of nitrogens with two attached hydrogens (primary N) is 1. The summed E-state index contributed by atoms with van der Waals surface area (Å²) in [7, 11) is 0. The molecule has 0 bridgehead atoms. The molecule has 98 valence electrons. The van der Waals surface area contributed by atoms with Gasteiger partial charge in [0, 0.05) is 6.54 Å². The maximum absolute atomic E-state index is 5.86. The van der Waals surface area contributed by atoms with Crippen LogP contribution < -0.4 is 5.73 Å². The molecule has 0 heterocycles. The van der Waals surface area contributed by atoms with E-state index in [4.69, 9.17) is 5.73 Å². The van der Waals surface area contributed by atoms with Crippen LogP contribution in [0.3, 0.4) is 0 Å². The number of aryl methyl sites for hydroxylation is 1. The molecule has 0 fully saturated rings. The van der Waals surface area contributed by atoms with Crippen LogP contribution in [-0.4, -0.2) is 0 Å². The molecule has 0 radical (unpaired) electrons. The van der Waals surface area contributed by atoms with E-state index >= 15 is 0 Å². The van der Waals surface area contributed by atoms with E-state index in [1.165, 1.54) is 16.7 Å². The van der Waals surface area contributed by atoms with E-state index in [2.05, 4.69) is 33.8 Å². The molecule has 2 heteroatoms. The summed E-state index contributed by atoms with van der Waals surface area (Å²) in [5, 5.41) is 0. The number of halogens is 1. The molecule has 1 aromatic rings. The number of benzene rings is 1. The van der Waals surface area contributed by atoms with Gasteiger partial charge >= 0.3 is 0 Å². The lowest BCUT2D eigenvalue weighted by atomic mass is 9.87. The average Bonchev–Trinajstić information content (AvgIpc) is 2.35. The third-order valence-corrected chi connectivity index (χ3v) is 3.51. The van der Waals surface area contributed by atoms with Gasteiger partial charge in [-0.15, -0.1) is 12.4 Å². The van der Waals surface area contributed by atoms with E-state index in [-0.39, 0.29) is 12.4 Å². The Hall–Kier alpha value is -0.530. The van der Waals surface area contributed by atoms with E-state index in [1.807, 2.05) is 0 Å². The molecule has 0 spiro atoms. The summed E-state index contributed by atoms with van der Waals surface area (Å²) in [4.78, 5) is 0. The fourth-order valence-corrected chi connectivity index (χ4v) is 2.76. The predicted octanol–water partition coefficient (Wildman–Crippen LogP) is 3.82. The van der Waals surface area contributed by atoms with E-state index in [1.54, 1.807) is 11.1 Å². The average molecular weight is 256 g/mol. The molecule has 0 saturated heterocycles. The van der Waals surface area contributed by atoms with Crippen molar-refractivity contribution in [2.45, 2.75) is 59.9 Å². The lowest BCUT2D eigenvalue weighted by Gasteiger charge is -2.19. The Morgan fingerprint density at radius 2 is 1.24 bits per heavy atom. The summed E-state index contributed by atoms with van der Waals surface area (Å²) in [5.74, 6) is 0. The lowest BCUT2D eigenvalue weighted by Crippen LogP contribution is -2.09. The van der Waals surface area contributed by atoms with Crippen molar-refractivity contribution in [3.8, 4) is 0 Å². The number of rotatable bonds is 5. The summed E-state index contributed by atoms with van der Waals surface area (Å²) in [6.45, 7) is 9.66. The van der Waals surface area contributed by atoms with Gasteiger partial charge in [0.15, 0.2) is 0 Å². The molecule has 2 N–H and O–H groups in total. The van der Waals surface area contributed by atoms with Gasteiger partial charge in [0.1, 0.15) is 0 Å². The van der Waals surface area contributed by atoms with Gasteiger partial charge in [0.05, 0.1) is 0 Å². The molecule has 0 unspecified atom stereocenters. The van der Waals surface area contributed by atoms with E-state index in [0.717, 1.165) is 25.7 Å². The molecular weight excluding hydrogens is 230 g/mol. The fraction of sp³-hybridized carbons (Fsp3) is 0.600. The van der Waals surface area contributed by atoms with E-state index in [9.17, 15) is 0 Å². The topological polar surface area (TPSA) is 26.0 Å². The van der Waals surface area contributed by atoms with Gasteiger partial charge < -0.3 is 5.73 Å². The first kappa shape index (κ1) is 16.5. The second kappa shape index (κ2) is 7.73. The van der Waals surface area contributed by atoms with Crippen molar-refractivity contribution in [3.05, 3.63) is 33.9 Å². The molecule has 0 saturated carbocycles. The van der Waals surface area contributed by atoms with Gasteiger partial charge in [-0.05, 0) is 53.5 Å². The summed E-state index contributed by atoms with van der Waals surface area (Å²) in [6.07, 6.45) is 4.50. The molecule has 0 amide bonds. The van der Waals surface area contributed by atoms with Crippen molar-refractivity contribution in [2.24, 2.45) is 5.73 Å². The van der Waals surface area contributed by atoms with Crippen molar-refractivity contribution in [2.75, 3.05) is 0 Å². The second-order valence-electron chi connectivity index (χ2n) is 4.25. The standard InChI is InChI=1S/C15H25N.ClH/c1-5-11-9-12(10-16)14(7-3)15(8-4)13(11)6-2;/h9H,5-8,10,16H2,1-4H3;1H. The largest absolute Gasteiger partial charge is 0.326 e. The Balaban J connectivity index is 0.00000256. The Morgan fingerprint density at radius 3 is 1.59 bits per heavy atom. The molecule has 17 heavy (non-hydrogen) atoms. The zero-order valence-corrected chi connectivity index (χ0v) is 12.4. The van der Waals surface area contributed by atoms with Crippen molar-refractivity contribution < 1.29 is 0 Å². The predicted molar refractivity (Wildman–Crippen MR) is 79.1 cm³/mol. The minimum absolute atomic E-state index is 0. The van der Waals surface area contributed by atoms with Crippen LogP contribution in [0.2, 0.25) is 0 Å². The van der Waals surface area contributed by atoms with Gasteiger partial charge in [-0.3, -0.25) is 0 Å². The quantitative estimate of drug-likeness (QED) is 0.851. The molecule has 0 aliphatic carbocycles. The normalized spacial score (nSPS) is 10.2. The third kappa shape index (κ3) is 3.23. The Morgan fingerprint density at radius 1 is 0.765 bits per heavy atom. The molecule has 0 atom stereocenters. The first-order valence-corrected chi connectivity index (χ1v) is 6.58. The van der Waals surface area contributed by atoms with Crippen LogP contribution in [0.1, 0.15) is 55.5 Å². The van der Waals surface area contributed by atoms with Gasteiger partial charge in [0.2, 0.25) is 0 Å². The second-order valence-corrected chi connectivity index (χ2v) is 4.25. The number of hydrogen-bond acceptors (Lipinski definition) is 1. The SMILES string of the molecule is CCc1cc(CN)c(CC)c(CC)c1CC.Cl. The van der Waals surface area contributed by atoms with Crippen molar-refractivity contribution in [1.82, 2.24) is 0 Å². The van der Waals surface area contributed by atoms with E-state index < -0.39 is 0 Å². The van der Waals surface area contributed by atoms with E-state index in [0.29, 0.717) is 6.54 Å². The van der Waals surface area contributed by atoms with Gasteiger partial charge in [-0.1, -0.05) is 33.8 Å². The molecule has 1 aromatic carbocycles. The minimum atomic E-state index is 0. The first-order chi connectivity index (χ1) is 7.73. The fourth-order valence-electron chi connectivity index (χ4n) is 2.76. The molecular formula is C15H26ClN. The van der Waals surface area contributed by atoms with Crippen molar-refractivity contribution >= 4 is 12.4 Å². The highest BCUT2D eigenvalue weighted by atomic mass is 35.5. The van der Waals surface area contributed by atoms with Crippen LogP contribution in [-0.2, 0) is 32.2 Å². The maximum atomic E-state index is 5.86. The summed E-state index contributed by atoms with van der Waals surface area (Å²) < 4.78 is 0. The third-order valence-electron chi connectivity index (χ3n) is 3.51. The van der Waals surface area contributed by atoms with Crippen LogP contribution in [0.25, 0.3) is 0 Å². The number of hydrogen-bond donors (Lipinski definition) is 1. The van der Waals surface area contributed by atoms with Crippen LogP contribution in [0.15, 0.2) is 6.07 Å². The molecule has 0 aromatic heterocycles. The summed E-state index contributed by atoms with van der Waals surface area (Å²) in [5.41, 5.74) is 13.3. The van der Waals surface area contributed by atoms with Gasteiger partial charge in [-0.2, -0.15) is 0 Å². The van der Waals surface area contributed by atoms with Crippen LogP contribution >= 0.6 is 12.4 Å². The minimum Gasteiger partial charge on any atom is -0.326 e. The molecule has 0 aliphatic rings. The highest BCUT2D eigenvalue weighted by molar-refractivity contribution is 5.85. The summed E-state index contributed by atoms with van der Waals surface area (Å²) in [6, 6.07) is 2.33. The Labute approximate surface area is 112 Å². The van der Waals surface area contributed by atoms with Crippen LogP contribution in [0.4, 0.5) is 0 Å². The highest BCUT2D eigenvalue weighted by Crippen LogP contribution is 2.25. The molecule has 1 rings (SSSR count). The molecule has 1 nitrogen and oxygen atoms in total. The van der Waals surface area contributed by atoms with Crippen LogP contribution in [0, 0.1) is 0 Å². The monoisotopic (exact) mass is 255 g/mol. The maximum Gasteiger partial charge on any atom is 0.0181 e. The van der Waals surface area contributed by atoms with Gasteiger partial charge in [0.25, 0.3) is 0 Å².